The summed E-state index contributed by atoms with van der Waals surface area (Å²) >= 11 is 0. The fourth-order valence-corrected chi connectivity index (χ4v) is 6.52. The Kier molecular flexibility index (Phi) is 6.06. The van der Waals surface area contributed by atoms with Crippen molar-refractivity contribution in [1.82, 2.24) is 0 Å². The van der Waals surface area contributed by atoms with Crippen LogP contribution in [-0.2, 0) is 5.41 Å². The second-order valence-electron chi connectivity index (χ2n) is 10.5. The van der Waals surface area contributed by atoms with Crippen molar-refractivity contribution in [2.75, 3.05) is 4.90 Å². The monoisotopic (exact) mass is 513 g/mol. The molecule has 0 fully saturated rings. The van der Waals surface area contributed by atoms with Gasteiger partial charge >= 0.3 is 0 Å². The van der Waals surface area contributed by atoms with E-state index in [9.17, 15) is 0 Å². The van der Waals surface area contributed by atoms with E-state index in [2.05, 4.69) is 170 Å². The Morgan fingerprint density at radius 2 is 0.950 bits per heavy atom. The standard InChI is InChI=1S/C39H31N/c1-2-39(33-18-10-5-11-19-33)35-20-12-13-21-37(35)40(34-25-22-31(23-26-34)29-14-6-3-7-15-29)38-27-24-32(28-36(38)39)30-16-8-4-9-17-30/h3-28H,2H2,1H3. The van der Waals surface area contributed by atoms with Gasteiger partial charge in [-0.05, 0) is 75.7 Å². The Morgan fingerprint density at radius 1 is 0.450 bits per heavy atom. The van der Waals surface area contributed by atoms with Gasteiger partial charge in [-0.25, -0.2) is 0 Å². The summed E-state index contributed by atoms with van der Waals surface area (Å²) in [6, 6.07) is 57.4. The molecule has 0 saturated carbocycles. The highest BCUT2D eigenvalue weighted by molar-refractivity contribution is 5.89. The summed E-state index contributed by atoms with van der Waals surface area (Å²) in [5.41, 5.74) is 12.3. The maximum atomic E-state index is 2.45. The lowest BCUT2D eigenvalue weighted by Gasteiger charge is -2.46. The predicted molar refractivity (Wildman–Crippen MR) is 169 cm³/mol. The van der Waals surface area contributed by atoms with E-state index in [0.717, 1.165) is 6.42 Å². The van der Waals surface area contributed by atoms with Crippen LogP contribution in [0.15, 0.2) is 158 Å². The first-order chi connectivity index (χ1) is 19.8. The van der Waals surface area contributed by atoms with Crippen molar-refractivity contribution in [3.63, 3.8) is 0 Å². The molecule has 1 heterocycles. The Bertz CT molecular complexity index is 1760. The summed E-state index contributed by atoms with van der Waals surface area (Å²) in [4.78, 5) is 2.45. The van der Waals surface area contributed by atoms with E-state index in [-0.39, 0.29) is 5.41 Å². The first kappa shape index (κ1) is 24.2. The first-order valence-corrected chi connectivity index (χ1v) is 14.1. The largest absolute Gasteiger partial charge is 0.310 e. The fourth-order valence-electron chi connectivity index (χ4n) is 6.52. The molecule has 6 aromatic rings. The summed E-state index contributed by atoms with van der Waals surface area (Å²) in [5, 5.41) is 0. The minimum Gasteiger partial charge on any atom is -0.310 e. The molecule has 1 atom stereocenters. The topological polar surface area (TPSA) is 3.24 Å². The van der Waals surface area contributed by atoms with E-state index >= 15 is 0 Å². The Morgan fingerprint density at radius 3 is 1.60 bits per heavy atom. The lowest BCUT2D eigenvalue weighted by Crippen LogP contribution is -2.36. The quantitative estimate of drug-likeness (QED) is 0.222. The molecule has 0 aliphatic carbocycles. The zero-order chi connectivity index (χ0) is 26.9. The number of anilines is 3. The van der Waals surface area contributed by atoms with Crippen molar-refractivity contribution in [3.05, 3.63) is 174 Å². The van der Waals surface area contributed by atoms with Gasteiger partial charge in [-0.3, -0.25) is 0 Å². The van der Waals surface area contributed by atoms with Gasteiger partial charge in [0.25, 0.3) is 0 Å². The van der Waals surface area contributed by atoms with Crippen molar-refractivity contribution in [2.45, 2.75) is 18.8 Å². The third-order valence-corrected chi connectivity index (χ3v) is 8.44. The van der Waals surface area contributed by atoms with E-state index in [1.165, 1.54) is 56.0 Å². The van der Waals surface area contributed by atoms with Gasteiger partial charge in [0.05, 0.1) is 11.4 Å². The first-order valence-electron chi connectivity index (χ1n) is 14.1. The highest BCUT2D eigenvalue weighted by atomic mass is 15.2. The van der Waals surface area contributed by atoms with E-state index in [1.54, 1.807) is 0 Å². The minimum absolute atomic E-state index is 0.265. The lowest BCUT2D eigenvalue weighted by atomic mass is 9.64. The molecule has 1 nitrogen and oxygen atoms in total. The van der Waals surface area contributed by atoms with Gasteiger partial charge in [-0.15, -0.1) is 0 Å². The van der Waals surface area contributed by atoms with E-state index in [0.29, 0.717) is 0 Å². The lowest BCUT2D eigenvalue weighted by molar-refractivity contribution is 0.587. The minimum atomic E-state index is -0.265. The fraction of sp³-hybridized carbons (Fsp3) is 0.0769. The average Bonchev–Trinajstić information content (AvgIpc) is 3.05. The number of rotatable bonds is 5. The molecule has 0 spiro atoms. The molecule has 40 heavy (non-hydrogen) atoms. The van der Waals surface area contributed by atoms with Crippen molar-refractivity contribution in [2.24, 2.45) is 0 Å². The molecule has 7 rings (SSSR count). The van der Waals surface area contributed by atoms with E-state index < -0.39 is 0 Å². The maximum absolute atomic E-state index is 2.45. The number of hydrogen-bond acceptors (Lipinski definition) is 1. The second-order valence-corrected chi connectivity index (χ2v) is 10.5. The van der Waals surface area contributed by atoms with Crippen LogP contribution in [0.25, 0.3) is 22.3 Å². The summed E-state index contributed by atoms with van der Waals surface area (Å²) in [6.45, 7) is 2.33. The number of hydrogen-bond donors (Lipinski definition) is 0. The molecular formula is C39H31N. The van der Waals surface area contributed by atoms with Crippen LogP contribution in [0.3, 0.4) is 0 Å². The molecular weight excluding hydrogens is 482 g/mol. The number of fused-ring (bicyclic) bond motifs is 2. The van der Waals surface area contributed by atoms with Crippen LogP contribution in [0.4, 0.5) is 17.1 Å². The number of para-hydroxylation sites is 1. The van der Waals surface area contributed by atoms with Gasteiger partial charge in [0.1, 0.15) is 0 Å². The summed E-state index contributed by atoms with van der Waals surface area (Å²) in [6.07, 6.45) is 0.958. The molecule has 1 aliphatic heterocycles. The Balaban J connectivity index is 1.48. The molecule has 192 valence electrons. The van der Waals surface area contributed by atoms with Crippen LogP contribution >= 0.6 is 0 Å². The van der Waals surface area contributed by atoms with Gasteiger partial charge in [0.2, 0.25) is 0 Å². The molecule has 0 bridgehead atoms. The van der Waals surface area contributed by atoms with Crippen LogP contribution in [0.1, 0.15) is 30.0 Å². The van der Waals surface area contributed by atoms with Gasteiger partial charge < -0.3 is 4.90 Å². The molecule has 0 saturated heterocycles. The molecule has 0 radical (unpaired) electrons. The molecule has 0 amide bonds. The summed E-state index contributed by atoms with van der Waals surface area (Å²) in [7, 11) is 0. The zero-order valence-electron chi connectivity index (χ0n) is 22.7. The van der Waals surface area contributed by atoms with Crippen LogP contribution in [0.5, 0.6) is 0 Å². The molecule has 6 aromatic carbocycles. The molecule has 1 heteroatoms. The van der Waals surface area contributed by atoms with Gasteiger partial charge in [-0.1, -0.05) is 134 Å². The van der Waals surface area contributed by atoms with Crippen molar-refractivity contribution in [1.29, 1.82) is 0 Å². The Labute approximate surface area is 237 Å². The number of benzene rings is 6. The summed E-state index contributed by atoms with van der Waals surface area (Å²) in [5.74, 6) is 0. The highest BCUT2D eigenvalue weighted by Crippen LogP contribution is 2.56. The predicted octanol–water partition coefficient (Wildman–Crippen LogP) is 10.5. The maximum Gasteiger partial charge on any atom is 0.0506 e. The molecule has 1 aliphatic rings. The zero-order valence-corrected chi connectivity index (χ0v) is 22.7. The normalized spacial score (nSPS) is 15.8. The van der Waals surface area contributed by atoms with Gasteiger partial charge in [0, 0.05) is 11.1 Å². The third kappa shape index (κ3) is 3.86. The second kappa shape index (κ2) is 10.0. The van der Waals surface area contributed by atoms with Crippen molar-refractivity contribution < 1.29 is 0 Å². The van der Waals surface area contributed by atoms with E-state index in [4.69, 9.17) is 0 Å². The average molecular weight is 514 g/mol. The van der Waals surface area contributed by atoms with Crippen LogP contribution in [0.2, 0.25) is 0 Å². The van der Waals surface area contributed by atoms with Crippen molar-refractivity contribution in [3.8, 4) is 22.3 Å². The third-order valence-electron chi connectivity index (χ3n) is 8.44. The molecule has 0 aromatic heterocycles. The number of nitrogens with zero attached hydrogens (tertiary/aromatic N) is 1. The van der Waals surface area contributed by atoms with E-state index in [1.807, 2.05) is 0 Å². The Hall–Kier alpha value is -4.88. The molecule has 1 unspecified atom stereocenters. The van der Waals surface area contributed by atoms with Crippen molar-refractivity contribution >= 4 is 17.1 Å². The van der Waals surface area contributed by atoms with Crippen LogP contribution in [-0.4, -0.2) is 0 Å². The van der Waals surface area contributed by atoms with Crippen LogP contribution < -0.4 is 4.90 Å². The van der Waals surface area contributed by atoms with Gasteiger partial charge in [0.15, 0.2) is 0 Å². The van der Waals surface area contributed by atoms with Crippen LogP contribution in [0, 0.1) is 0 Å². The smallest absolute Gasteiger partial charge is 0.0506 e. The SMILES string of the molecule is CCC1(c2ccccc2)c2ccccc2N(c2ccc(-c3ccccc3)cc2)c2ccc(-c3ccccc3)cc21. The summed E-state index contributed by atoms with van der Waals surface area (Å²) < 4.78 is 0. The molecule has 0 N–H and O–H groups in total. The highest BCUT2D eigenvalue weighted by Gasteiger charge is 2.43. The van der Waals surface area contributed by atoms with Gasteiger partial charge in [-0.2, -0.15) is 0 Å².